The molecule has 0 aliphatic heterocycles. The molecular formula is C10H21NO. The summed E-state index contributed by atoms with van der Waals surface area (Å²) in [5.41, 5.74) is 0. The van der Waals surface area contributed by atoms with Crippen molar-refractivity contribution in [2.75, 3.05) is 6.54 Å². The molecule has 0 rings (SSSR count). The Hall–Kier alpha value is -0.530. The fraction of sp³-hybridized carbons (Fsp3) is 0.900. The molecule has 2 heteroatoms. The van der Waals surface area contributed by atoms with Crippen molar-refractivity contribution in [3.8, 4) is 0 Å². The number of hydrogen-bond donors (Lipinski definition) is 1. The highest BCUT2D eigenvalue weighted by Gasteiger charge is 2.04. The van der Waals surface area contributed by atoms with Crippen LogP contribution in [0.3, 0.4) is 0 Å². The van der Waals surface area contributed by atoms with E-state index >= 15 is 0 Å². The van der Waals surface area contributed by atoms with Gasteiger partial charge in [0.2, 0.25) is 5.91 Å². The van der Waals surface area contributed by atoms with Gasteiger partial charge in [0.15, 0.2) is 0 Å². The SMILES string of the molecule is CCCC(C)CCC(=O)NCC. The van der Waals surface area contributed by atoms with E-state index in [9.17, 15) is 4.79 Å². The van der Waals surface area contributed by atoms with Crippen LogP contribution in [0.5, 0.6) is 0 Å². The Balaban J connectivity index is 3.33. The Morgan fingerprint density at radius 1 is 1.33 bits per heavy atom. The molecule has 0 bridgehead atoms. The molecule has 0 spiro atoms. The van der Waals surface area contributed by atoms with Crippen LogP contribution in [0.1, 0.15) is 46.5 Å². The number of carbonyl (C=O) groups is 1. The molecule has 0 radical (unpaired) electrons. The van der Waals surface area contributed by atoms with E-state index in [2.05, 4.69) is 19.2 Å². The maximum atomic E-state index is 11.0. The summed E-state index contributed by atoms with van der Waals surface area (Å²) in [4.78, 5) is 11.0. The Bertz CT molecular complexity index is 123. The second kappa shape index (κ2) is 7.14. The van der Waals surface area contributed by atoms with Crippen molar-refractivity contribution >= 4 is 5.91 Å². The predicted octanol–water partition coefficient (Wildman–Crippen LogP) is 2.34. The number of rotatable bonds is 6. The van der Waals surface area contributed by atoms with Crippen LogP contribution in [-0.4, -0.2) is 12.5 Å². The van der Waals surface area contributed by atoms with Crippen LogP contribution in [-0.2, 0) is 4.79 Å². The topological polar surface area (TPSA) is 29.1 Å². The monoisotopic (exact) mass is 171 g/mol. The Morgan fingerprint density at radius 3 is 2.50 bits per heavy atom. The van der Waals surface area contributed by atoms with Crippen LogP contribution >= 0.6 is 0 Å². The summed E-state index contributed by atoms with van der Waals surface area (Å²) in [6, 6.07) is 0. The van der Waals surface area contributed by atoms with E-state index < -0.39 is 0 Å². The number of nitrogens with one attached hydrogen (secondary N) is 1. The Morgan fingerprint density at radius 2 is 2.00 bits per heavy atom. The minimum atomic E-state index is 0.195. The summed E-state index contributed by atoms with van der Waals surface area (Å²) in [6.45, 7) is 7.10. The molecule has 0 heterocycles. The van der Waals surface area contributed by atoms with Crippen LogP contribution < -0.4 is 5.32 Å². The van der Waals surface area contributed by atoms with Crippen LogP contribution in [0.4, 0.5) is 0 Å². The van der Waals surface area contributed by atoms with Gasteiger partial charge in [-0.3, -0.25) is 4.79 Å². The van der Waals surface area contributed by atoms with Crippen LogP contribution in [0, 0.1) is 5.92 Å². The van der Waals surface area contributed by atoms with Crippen molar-refractivity contribution in [1.29, 1.82) is 0 Å². The molecule has 72 valence electrons. The number of amides is 1. The smallest absolute Gasteiger partial charge is 0.219 e. The summed E-state index contributed by atoms with van der Waals surface area (Å²) in [5.74, 6) is 0.887. The number of carbonyl (C=O) groups excluding carboxylic acids is 1. The summed E-state index contributed by atoms with van der Waals surface area (Å²) in [5, 5.41) is 2.80. The normalized spacial score (nSPS) is 12.6. The molecule has 0 aromatic heterocycles. The summed E-state index contributed by atoms with van der Waals surface area (Å²) >= 11 is 0. The molecule has 1 atom stereocenters. The maximum Gasteiger partial charge on any atom is 0.219 e. The van der Waals surface area contributed by atoms with Crippen molar-refractivity contribution < 1.29 is 4.79 Å². The van der Waals surface area contributed by atoms with E-state index in [1.165, 1.54) is 12.8 Å². The molecule has 0 saturated heterocycles. The molecule has 0 aromatic rings. The highest BCUT2D eigenvalue weighted by Crippen LogP contribution is 2.11. The van der Waals surface area contributed by atoms with Crippen molar-refractivity contribution in [2.24, 2.45) is 5.92 Å². The minimum Gasteiger partial charge on any atom is -0.356 e. The molecule has 0 aliphatic rings. The predicted molar refractivity (Wildman–Crippen MR) is 52.0 cm³/mol. The van der Waals surface area contributed by atoms with Crippen molar-refractivity contribution in [1.82, 2.24) is 5.32 Å². The van der Waals surface area contributed by atoms with Gasteiger partial charge in [-0.15, -0.1) is 0 Å². The van der Waals surface area contributed by atoms with Gasteiger partial charge in [-0.1, -0.05) is 26.7 Å². The first kappa shape index (κ1) is 11.5. The first-order chi connectivity index (χ1) is 5.70. The van der Waals surface area contributed by atoms with E-state index in [0.29, 0.717) is 12.3 Å². The zero-order valence-electron chi connectivity index (χ0n) is 8.52. The van der Waals surface area contributed by atoms with E-state index in [4.69, 9.17) is 0 Å². The lowest BCUT2D eigenvalue weighted by molar-refractivity contribution is -0.121. The quantitative estimate of drug-likeness (QED) is 0.653. The van der Waals surface area contributed by atoms with Crippen LogP contribution in [0.15, 0.2) is 0 Å². The van der Waals surface area contributed by atoms with Gasteiger partial charge in [0.1, 0.15) is 0 Å². The van der Waals surface area contributed by atoms with Gasteiger partial charge in [0, 0.05) is 13.0 Å². The van der Waals surface area contributed by atoms with E-state index in [1.807, 2.05) is 6.92 Å². The van der Waals surface area contributed by atoms with Gasteiger partial charge >= 0.3 is 0 Å². The summed E-state index contributed by atoms with van der Waals surface area (Å²) < 4.78 is 0. The maximum absolute atomic E-state index is 11.0. The first-order valence-corrected chi connectivity index (χ1v) is 4.97. The highest BCUT2D eigenvalue weighted by molar-refractivity contribution is 5.75. The van der Waals surface area contributed by atoms with Gasteiger partial charge in [0.05, 0.1) is 0 Å². The molecule has 2 nitrogen and oxygen atoms in total. The zero-order valence-corrected chi connectivity index (χ0v) is 8.52. The van der Waals surface area contributed by atoms with Crippen LogP contribution in [0.25, 0.3) is 0 Å². The Kier molecular flexibility index (Phi) is 6.82. The average Bonchev–Trinajstić information content (AvgIpc) is 2.02. The zero-order chi connectivity index (χ0) is 9.40. The second-order valence-electron chi connectivity index (χ2n) is 3.39. The van der Waals surface area contributed by atoms with Crippen molar-refractivity contribution in [2.45, 2.75) is 46.5 Å². The summed E-state index contributed by atoms with van der Waals surface area (Å²) in [6.07, 6.45) is 4.17. The molecular weight excluding hydrogens is 150 g/mol. The van der Waals surface area contributed by atoms with Gasteiger partial charge in [0.25, 0.3) is 0 Å². The molecule has 12 heavy (non-hydrogen) atoms. The van der Waals surface area contributed by atoms with Gasteiger partial charge < -0.3 is 5.32 Å². The van der Waals surface area contributed by atoms with E-state index in [1.54, 1.807) is 0 Å². The lowest BCUT2D eigenvalue weighted by Crippen LogP contribution is -2.22. The van der Waals surface area contributed by atoms with E-state index in [-0.39, 0.29) is 5.91 Å². The third kappa shape index (κ3) is 6.20. The van der Waals surface area contributed by atoms with Gasteiger partial charge in [-0.2, -0.15) is 0 Å². The lowest BCUT2D eigenvalue weighted by Gasteiger charge is -2.08. The highest BCUT2D eigenvalue weighted by atomic mass is 16.1. The molecule has 0 aromatic carbocycles. The molecule has 1 unspecified atom stereocenters. The fourth-order valence-electron chi connectivity index (χ4n) is 1.30. The third-order valence-corrected chi connectivity index (χ3v) is 2.02. The molecule has 0 saturated carbocycles. The number of hydrogen-bond acceptors (Lipinski definition) is 1. The van der Waals surface area contributed by atoms with E-state index in [0.717, 1.165) is 13.0 Å². The molecule has 0 fully saturated rings. The standard InChI is InChI=1S/C10H21NO/c1-4-6-9(3)7-8-10(12)11-5-2/h9H,4-8H2,1-3H3,(H,11,12). The lowest BCUT2D eigenvalue weighted by atomic mass is 10.0. The minimum absolute atomic E-state index is 0.195. The third-order valence-electron chi connectivity index (χ3n) is 2.02. The van der Waals surface area contributed by atoms with Crippen molar-refractivity contribution in [3.63, 3.8) is 0 Å². The average molecular weight is 171 g/mol. The summed E-state index contributed by atoms with van der Waals surface area (Å²) in [7, 11) is 0. The largest absolute Gasteiger partial charge is 0.356 e. The first-order valence-electron chi connectivity index (χ1n) is 4.97. The Labute approximate surface area is 75.7 Å². The van der Waals surface area contributed by atoms with Crippen LogP contribution in [0.2, 0.25) is 0 Å². The molecule has 1 amide bonds. The van der Waals surface area contributed by atoms with Gasteiger partial charge in [-0.05, 0) is 19.3 Å². The second-order valence-corrected chi connectivity index (χ2v) is 3.39. The molecule has 0 aliphatic carbocycles. The molecule has 1 N–H and O–H groups in total. The van der Waals surface area contributed by atoms with Crippen molar-refractivity contribution in [3.05, 3.63) is 0 Å². The van der Waals surface area contributed by atoms with Gasteiger partial charge in [-0.25, -0.2) is 0 Å². The fourth-order valence-corrected chi connectivity index (χ4v) is 1.30.